The van der Waals surface area contributed by atoms with Crippen molar-refractivity contribution < 1.29 is 14.0 Å². The second-order valence-corrected chi connectivity index (χ2v) is 5.54. The van der Waals surface area contributed by atoms with Gasteiger partial charge in [0.05, 0.1) is 12.5 Å². The summed E-state index contributed by atoms with van der Waals surface area (Å²) in [5, 5.41) is 3.20. The zero-order valence-corrected chi connectivity index (χ0v) is 12.4. The van der Waals surface area contributed by atoms with Crippen molar-refractivity contribution in [1.82, 2.24) is 10.2 Å². The van der Waals surface area contributed by atoms with E-state index in [2.05, 4.69) is 5.32 Å². The molecule has 0 radical (unpaired) electrons. The Morgan fingerprint density at radius 2 is 2.00 bits per heavy atom. The SMILES string of the molecule is CCCN1C(=O)CC(NC(C)Cc2ccc(F)cc2)C1=O. The minimum absolute atomic E-state index is 0.0405. The van der Waals surface area contributed by atoms with Gasteiger partial charge >= 0.3 is 0 Å². The van der Waals surface area contributed by atoms with Gasteiger partial charge in [-0.05, 0) is 37.5 Å². The molecule has 4 nitrogen and oxygen atoms in total. The average Bonchev–Trinajstić information content (AvgIpc) is 2.69. The molecule has 1 aliphatic rings. The Kier molecular flexibility index (Phi) is 5.07. The molecular formula is C16H21FN2O2. The Morgan fingerprint density at radius 3 is 2.62 bits per heavy atom. The highest BCUT2D eigenvalue weighted by Crippen LogP contribution is 2.15. The number of carbonyl (C=O) groups is 2. The van der Waals surface area contributed by atoms with Crippen LogP contribution in [0.5, 0.6) is 0 Å². The molecule has 0 aliphatic carbocycles. The Morgan fingerprint density at radius 1 is 1.33 bits per heavy atom. The van der Waals surface area contributed by atoms with Gasteiger partial charge in [-0.2, -0.15) is 0 Å². The first-order chi connectivity index (χ1) is 10.0. The second kappa shape index (κ2) is 6.80. The van der Waals surface area contributed by atoms with Crippen LogP contribution in [0.3, 0.4) is 0 Å². The summed E-state index contributed by atoms with van der Waals surface area (Å²) in [5.41, 5.74) is 0.999. The number of imide groups is 1. The predicted molar refractivity (Wildman–Crippen MR) is 78.1 cm³/mol. The Bertz CT molecular complexity index is 516. The molecule has 0 aromatic heterocycles. The highest BCUT2D eigenvalue weighted by Gasteiger charge is 2.38. The van der Waals surface area contributed by atoms with Gasteiger partial charge in [0, 0.05) is 12.6 Å². The number of amides is 2. The summed E-state index contributed by atoms with van der Waals surface area (Å²) in [5.74, 6) is -0.493. The van der Waals surface area contributed by atoms with Crippen molar-refractivity contribution in [3.63, 3.8) is 0 Å². The van der Waals surface area contributed by atoms with Crippen molar-refractivity contribution in [1.29, 1.82) is 0 Å². The van der Waals surface area contributed by atoms with Crippen LogP contribution in [0.15, 0.2) is 24.3 Å². The molecule has 1 N–H and O–H groups in total. The van der Waals surface area contributed by atoms with Gasteiger partial charge in [-0.3, -0.25) is 14.5 Å². The molecule has 1 saturated heterocycles. The number of likely N-dealkylation sites (tertiary alicyclic amines) is 1. The van der Waals surface area contributed by atoms with E-state index in [9.17, 15) is 14.0 Å². The predicted octanol–water partition coefficient (Wildman–Crippen LogP) is 1.88. The van der Waals surface area contributed by atoms with Crippen molar-refractivity contribution in [3.8, 4) is 0 Å². The van der Waals surface area contributed by atoms with Crippen LogP contribution in [0.1, 0.15) is 32.3 Å². The first-order valence-corrected chi connectivity index (χ1v) is 7.36. The molecule has 2 atom stereocenters. The van der Waals surface area contributed by atoms with Crippen molar-refractivity contribution in [2.75, 3.05) is 6.54 Å². The number of carbonyl (C=O) groups excluding carboxylic acids is 2. The van der Waals surface area contributed by atoms with Gasteiger partial charge in [-0.1, -0.05) is 19.1 Å². The van der Waals surface area contributed by atoms with Crippen LogP contribution >= 0.6 is 0 Å². The van der Waals surface area contributed by atoms with E-state index in [1.165, 1.54) is 17.0 Å². The summed E-state index contributed by atoms with van der Waals surface area (Å²) >= 11 is 0. The lowest BCUT2D eigenvalue weighted by Crippen LogP contribution is -2.43. The topological polar surface area (TPSA) is 49.4 Å². The monoisotopic (exact) mass is 292 g/mol. The van der Waals surface area contributed by atoms with Crippen LogP contribution in [0.2, 0.25) is 0 Å². The van der Waals surface area contributed by atoms with E-state index in [1.54, 1.807) is 12.1 Å². The largest absolute Gasteiger partial charge is 0.303 e. The number of halogens is 1. The van der Waals surface area contributed by atoms with E-state index in [1.807, 2.05) is 13.8 Å². The zero-order valence-electron chi connectivity index (χ0n) is 12.4. The van der Waals surface area contributed by atoms with E-state index in [4.69, 9.17) is 0 Å². The molecule has 2 amide bonds. The molecule has 0 saturated carbocycles. The van der Waals surface area contributed by atoms with Crippen LogP contribution in [0.4, 0.5) is 4.39 Å². The van der Waals surface area contributed by atoms with Crippen molar-refractivity contribution in [3.05, 3.63) is 35.6 Å². The quantitative estimate of drug-likeness (QED) is 0.815. The third kappa shape index (κ3) is 3.88. The lowest BCUT2D eigenvalue weighted by Gasteiger charge is -2.19. The standard InChI is InChI=1S/C16H21FN2O2/c1-3-8-19-15(20)10-14(16(19)21)18-11(2)9-12-4-6-13(17)7-5-12/h4-7,11,14,18H,3,8-10H2,1-2H3. The lowest BCUT2D eigenvalue weighted by atomic mass is 10.1. The van der Waals surface area contributed by atoms with Crippen LogP contribution in [-0.4, -0.2) is 35.3 Å². The number of hydrogen-bond donors (Lipinski definition) is 1. The molecule has 0 bridgehead atoms. The van der Waals surface area contributed by atoms with Crippen LogP contribution in [0.25, 0.3) is 0 Å². The summed E-state index contributed by atoms with van der Waals surface area (Å²) in [7, 11) is 0. The summed E-state index contributed by atoms with van der Waals surface area (Å²) in [4.78, 5) is 25.3. The smallest absolute Gasteiger partial charge is 0.246 e. The Hall–Kier alpha value is -1.75. The van der Waals surface area contributed by atoms with Gasteiger partial charge in [-0.15, -0.1) is 0 Å². The summed E-state index contributed by atoms with van der Waals surface area (Å²) in [6, 6.07) is 5.93. The molecule has 1 fully saturated rings. The van der Waals surface area contributed by atoms with Crippen molar-refractivity contribution >= 4 is 11.8 Å². The number of benzene rings is 1. The molecule has 0 spiro atoms. The maximum absolute atomic E-state index is 12.9. The number of hydrogen-bond acceptors (Lipinski definition) is 3. The molecule has 1 aromatic rings. The Labute approximate surface area is 124 Å². The highest BCUT2D eigenvalue weighted by molar-refractivity contribution is 6.05. The maximum atomic E-state index is 12.9. The average molecular weight is 292 g/mol. The second-order valence-electron chi connectivity index (χ2n) is 5.54. The molecule has 21 heavy (non-hydrogen) atoms. The van der Waals surface area contributed by atoms with Crippen molar-refractivity contribution in [2.45, 2.75) is 45.2 Å². The third-order valence-corrected chi connectivity index (χ3v) is 3.63. The number of rotatable bonds is 6. The molecule has 2 rings (SSSR count). The summed E-state index contributed by atoms with van der Waals surface area (Å²) < 4.78 is 12.9. The first-order valence-electron chi connectivity index (χ1n) is 7.36. The molecule has 1 aliphatic heterocycles. The van der Waals surface area contributed by atoms with Gasteiger partial charge in [0.15, 0.2) is 0 Å². The summed E-state index contributed by atoms with van der Waals surface area (Å²) in [6.07, 6.45) is 1.69. The van der Waals surface area contributed by atoms with Crippen molar-refractivity contribution in [2.24, 2.45) is 0 Å². The minimum Gasteiger partial charge on any atom is -0.303 e. The van der Waals surface area contributed by atoms with E-state index in [0.29, 0.717) is 13.0 Å². The zero-order chi connectivity index (χ0) is 15.4. The van der Waals surface area contributed by atoms with Gasteiger partial charge < -0.3 is 5.32 Å². The fourth-order valence-corrected chi connectivity index (χ4v) is 2.65. The molecule has 1 heterocycles. The van der Waals surface area contributed by atoms with E-state index < -0.39 is 6.04 Å². The van der Waals surface area contributed by atoms with Crippen LogP contribution < -0.4 is 5.32 Å². The molecule has 1 aromatic carbocycles. The maximum Gasteiger partial charge on any atom is 0.246 e. The minimum atomic E-state index is -0.431. The Balaban J connectivity index is 1.91. The van der Waals surface area contributed by atoms with E-state index in [-0.39, 0.29) is 30.1 Å². The molecule has 5 heteroatoms. The lowest BCUT2D eigenvalue weighted by molar-refractivity contribution is -0.138. The fourth-order valence-electron chi connectivity index (χ4n) is 2.65. The normalized spacial score (nSPS) is 20.1. The van der Waals surface area contributed by atoms with Crippen LogP contribution in [0, 0.1) is 5.82 Å². The van der Waals surface area contributed by atoms with Gasteiger partial charge in [0.25, 0.3) is 0 Å². The number of nitrogens with one attached hydrogen (secondary N) is 1. The van der Waals surface area contributed by atoms with Gasteiger partial charge in [0.1, 0.15) is 5.82 Å². The van der Waals surface area contributed by atoms with Crippen LogP contribution in [-0.2, 0) is 16.0 Å². The summed E-state index contributed by atoms with van der Waals surface area (Å²) in [6.45, 7) is 4.39. The third-order valence-electron chi connectivity index (χ3n) is 3.63. The molecular weight excluding hydrogens is 271 g/mol. The van der Waals surface area contributed by atoms with Gasteiger partial charge in [-0.25, -0.2) is 4.39 Å². The molecule has 114 valence electrons. The fraction of sp³-hybridized carbons (Fsp3) is 0.500. The number of nitrogens with zero attached hydrogens (tertiary/aromatic N) is 1. The first kappa shape index (κ1) is 15.6. The van der Waals surface area contributed by atoms with Gasteiger partial charge in [0.2, 0.25) is 11.8 Å². The highest BCUT2D eigenvalue weighted by atomic mass is 19.1. The van der Waals surface area contributed by atoms with E-state index in [0.717, 1.165) is 12.0 Å². The van der Waals surface area contributed by atoms with E-state index >= 15 is 0 Å². The molecule has 2 unspecified atom stereocenters.